The first-order chi connectivity index (χ1) is 15.6. The summed E-state index contributed by atoms with van der Waals surface area (Å²) < 4.78 is 55.4. The minimum atomic E-state index is -4.51. The third kappa shape index (κ3) is 8.14. The normalized spacial score (nSPS) is 20.5. The standard InChI is InChI=1S/C24H30F3N3O3/c1-16-4-5-18(9-8-17-6-7-17)10-19(16)22(33-15-24(25,26)27)20(30-28)11-29-12-21-31-13-23(2,3)14-32-21/h4-5,10-11,17,21-22H,6-7,12-15,28H2,1-3H3/b29-11?,30-20+. The Bertz CT molecular complexity index is 934. The largest absolute Gasteiger partial charge is 0.411 e. The first kappa shape index (κ1) is 25.2. The quantitative estimate of drug-likeness (QED) is 0.284. The minimum Gasteiger partial charge on any atom is -0.358 e. The topological polar surface area (TPSA) is 78.4 Å². The Kier molecular flexibility index (Phi) is 8.16. The molecule has 6 nitrogen and oxygen atoms in total. The molecule has 0 amide bonds. The maximum absolute atomic E-state index is 13.0. The van der Waals surface area contributed by atoms with Crippen molar-refractivity contribution in [3.05, 3.63) is 34.9 Å². The summed E-state index contributed by atoms with van der Waals surface area (Å²) in [6.07, 6.45) is -2.73. The molecule has 1 heterocycles. The fourth-order valence-corrected chi connectivity index (χ4v) is 3.16. The highest BCUT2D eigenvalue weighted by Gasteiger charge is 2.32. The number of benzene rings is 1. The van der Waals surface area contributed by atoms with Crippen molar-refractivity contribution in [3.8, 4) is 11.8 Å². The van der Waals surface area contributed by atoms with Crippen molar-refractivity contribution in [2.45, 2.75) is 52.2 Å². The Balaban J connectivity index is 1.78. The SMILES string of the molecule is Cc1ccc(C#CC2CC2)cc1C(OCC(F)(F)F)/C(C=NCC1OCC(C)(C)CO1)=N/N. The number of alkyl halides is 3. The Labute approximate surface area is 192 Å². The zero-order valence-corrected chi connectivity index (χ0v) is 19.1. The van der Waals surface area contributed by atoms with Gasteiger partial charge in [-0.05, 0) is 43.0 Å². The van der Waals surface area contributed by atoms with Crippen molar-refractivity contribution >= 4 is 11.9 Å². The van der Waals surface area contributed by atoms with Gasteiger partial charge in [0.05, 0.1) is 19.8 Å². The number of nitrogens with two attached hydrogens (primary N) is 1. The van der Waals surface area contributed by atoms with E-state index in [4.69, 9.17) is 20.1 Å². The van der Waals surface area contributed by atoms with Crippen LogP contribution in [0, 0.1) is 30.1 Å². The molecule has 0 spiro atoms. The molecule has 0 radical (unpaired) electrons. The Morgan fingerprint density at radius 2 is 2.00 bits per heavy atom. The maximum Gasteiger partial charge on any atom is 0.411 e. The Morgan fingerprint density at radius 3 is 2.61 bits per heavy atom. The van der Waals surface area contributed by atoms with Crippen LogP contribution in [-0.2, 0) is 14.2 Å². The molecule has 1 aromatic carbocycles. The van der Waals surface area contributed by atoms with E-state index in [1.165, 1.54) is 6.21 Å². The molecule has 1 aromatic rings. The Morgan fingerprint density at radius 1 is 1.30 bits per heavy atom. The second kappa shape index (κ2) is 10.7. The fourth-order valence-electron chi connectivity index (χ4n) is 3.16. The highest BCUT2D eigenvalue weighted by atomic mass is 19.4. The van der Waals surface area contributed by atoms with E-state index in [9.17, 15) is 13.2 Å². The molecule has 9 heteroatoms. The molecule has 0 bridgehead atoms. The van der Waals surface area contributed by atoms with Crippen LogP contribution in [-0.4, -0.2) is 50.8 Å². The molecular weight excluding hydrogens is 435 g/mol. The van der Waals surface area contributed by atoms with Gasteiger partial charge in [-0.25, -0.2) is 0 Å². The second-order valence-electron chi connectivity index (χ2n) is 9.19. The first-order valence-electron chi connectivity index (χ1n) is 10.9. The summed E-state index contributed by atoms with van der Waals surface area (Å²) in [6.45, 7) is 5.60. The molecule has 2 aliphatic rings. The van der Waals surface area contributed by atoms with Crippen molar-refractivity contribution in [3.63, 3.8) is 0 Å². The molecule has 2 N–H and O–H groups in total. The van der Waals surface area contributed by atoms with Crippen LogP contribution in [0.25, 0.3) is 0 Å². The molecule has 1 saturated heterocycles. The lowest BCUT2D eigenvalue weighted by Gasteiger charge is -2.33. The molecule has 33 heavy (non-hydrogen) atoms. The first-order valence-corrected chi connectivity index (χ1v) is 10.9. The van der Waals surface area contributed by atoms with E-state index >= 15 is 0 Å². The summed E-state index contributed by atoms with van der Waals surface area (Å²) in [6, 6.07) is 5.36. The molecule has 180 valence electrons. The van der Waals surface area contributed by atoms with Crippen molar-refractivity contribution in [2.24, 2.45) is 27.3 Å². The number of halogens is 3. The maximum atomic E-state index is 13.0. The summed E-state index contributed by atoms with van der Waals surface area (Å²) in [7, 11) is 0. The Hall–Kier alpha value is -2.41. The van der Waals surface area contributed by atoms with Gasteiger partial charge < -0.3 is 20.1 Å². The third-order valence-electron chi connectivity index (χ3n) is 5.19. The molecule has 1 aliphatic carbocycles. The van der Waals surface area contributed by atoms with Gasteiger partial charge in [0.1, 0.15) is 18.4 Å². The number of hydrazone groups is 1. The van der Waals surface area contributed by atoms with Crippen molar-refractivity contribution < 1.29 is 27.4 Å². The lowest BCUT2D eigenvalue weighted by atomic mass is 9.96. The lowest BCUT2D eigenvalue weighted by molar-refractivity contribution is -0.215. The van der Waals surface area contributed by atoms with E-state index in [2.05, 4.69) is 21.9 Å². The lowest BCUT2D eigenvalue weighted by Crippen LogP contribution is -2.39. The minimum absolute atomic E-state index is 0.0609. The van der Waals surface area contributed by atoms with Crippen LogP contribution >= 0.6 is 0 Å². The van der Waals surface area contributed by atoms with Gasteiger partial charge in [0.2, 0.25) is 0 Å². The van der Waals surface area contributed by atoms with Crippen LogP contribution in [0.5, 0.6) is 0 Å². The van der Waals surface area contributed by atoms with Crippen LogP contribution in [0.1, 0.15) is 49.5 Å². The molecule has 1 unspecified atom stereocenters. The fraction of sp³-hybridized carbons (Fsp3) is 0.583. The molecule has 2 fully saturated rings. The molecule has 1 saturated carbocycles. The van der Waals surface area contributed by atoms with Crippen molar-refractivity contribution in [1.82, 2.24) is 0 Å². The number of hydrogen-bond donors (Lipinski definition) is 1. The molecular formula is C24H30F3N3O3. The van der Waals surface area contributed by atoms with E-state index in [0.717, 1.165) is 18.4 Å². The van der Waals surface area contributed by atoms with Gasteiger partial charge in [0.25, 0.3) is 0 Å². The van der Waals surface area contributed by atoms with Gasteiger partial charge in [-0.3, -0.25) is 4.99 Å². The molecule has 0 aromatic heterocycles. The average Bonchev–Trinajstić information content (AvgIpc) is 3.57. The van der Waals surface area contributed by atoms with Gasteiger partial charge >= 0.3 is 6.18 Å². The number of aliphatic imine (C=N–C) groups is 1. The van der Waals surface area contributed by atoms with E-state index in [1.807, 2.05) is 19.9 Å². The van der Waals surface area contributed by atoms with Crippen LogP contribution in [0.15, 0.2) is 28.3 Å². The summed E-state index contributed by atoms with van der Waals surface area (Å²) >= 11 is 0. The van der Waals surface area contributed by atoms with E-state index in [-0.39, 0.29) is 17.7 Å². The smallest absolute Gasteiger partial charge is 0.358 e. The number of rotatable bonds is 7. The van der Waals surface area contributed by atoms with Crippen LogP contribution in [0.2, 0.25) is 0 Å². The van der Waals surface area contributed by atoms with Gasteiger partial charge in [-0.15, -0.1) is 0 Å². The zero-order chi connectivity index (χ0) is 24.1. The predicted octanol–water partition coefficient (Wildman–Crippen LogP) is 4.16. The number of hydrogen-bond acceptors (Lipinski definition) is 6. The zero-order valence-electron chi connectivity index (χ0n) is 19.1. The summed E-state index contributed by atoms with van der Waals surface area (Å²) in [5, 5.41) is 3.68. The average molecular weight is 466 g/mol. The summed E-state index contributed by atoms with van der Waals surface area (Å²) in [5.74, 6) is 12.2. The monoisotopic (exact) mass is 465 g/mol. The number of aryl methyl sites for hydroxylation is 1. The molecule has 1 aliphatic heterocycles. The number of nitrogens with zero attached hydrogens (tertiary/aromatic N) is 2. The highest BCUT2D eigenvalue weighted by Crippen LogP contribution is 2.29. The van der Waals surface area contributed by atoms with Gasteiger partial charge in [-0.2, -0.15) is 18.3 Å². The van der Waals surface area contributed by atoms with Crippen molar-refractivity contribution in [2.75, 3.05) is 26.4 Å². The molecule has 3 rings (SSSR count). The van der Waals surface area contributed by atoms with Gasteiger partial charge in [0.15, 0.2) is 6.29 Å². The van der Waals surface area contributed by atoms with Gasteiger partial charge in [0, 0.05) is 23.1 Å². The van der Waals surface area contributed by atoms with E-state index < -0.39 is 25.2 Å². The van der Waals surface area contributed by atoms with Gasteiger partial charge in [-0.1, -0.05) is 31.8 Å². The highest BCUT2D eigenvalue weighted by molar-refractivity contribution is 6.32. The van der Waals surface area contributed by atoms with E-state index in [1.54, 1.807) is 19.1 Å². The van der Waals surface area contributed by atoms with E-state index in [0.29, 0.717) is 30.3 Å². The van der Waals surface area contributed by atoms with Crippen molar-refractivity contribution in [1.29, 1.82) is 0 Å². The van der Waals surface area contributed by atoms with Crippen LogP contribution in [0.3, 0.4) is 0 Å². The number of ether oxygens (including phenoxy) is 3. The summed E-state index contributed by atoms with van der Waals surface area (Å²) in [5.41, 5.74) is 1.92. The third-order valence-corrected chi connectivity index (χ3v) is 5.19. The van der Waals surface area contributed by atoms with Crippen LogP contribution in [0.4, 0.5) is 13.2 Å². The summed E-state index contributed by atoms with van der Waals surface area (Å²) in [4.78, 5) is 4.25. The molecule has 1 atom stereocenters. The van der Waals surface area contributed by atoms with Crippen LogP contribution < -0.4 is 5.84 Å². The predicted molar refractivity (Wildman–Crippen MR) is 120 cm³/mol. The second-order valence-corrected chi connectivity index (χ2v) is 9.19.